The molecule has 22 heavy (non-hydrogen) atoms. The van der Waals surface area contributed by atoms with Crippen molar-refractivity contribution in [2.75, 3.05) is 0 Å². The molecule has 0 radical (unpaired) electrons. The molecular formula is C16H19ClN2O2S. The van der Waals surface area contributed by atoms with Gasteiger partial charge in [0.2, 0.25) is 5.91 Å². The van der Waals surface area contributed by atoms with Gasteiger partial charge >= 0.3 is 0 Å². The maximum Gasteiger partial charge on any atom is 0.223 e. The molecule has 0 saturated carbocycles. The lowest BCUT2D eigenvalue weighted by Gasteiger charge is -2.28. The highest BCUT2D eigenvalue weighted by Gasteiger charge is 2.29. The molecule has 0 aliphatic heterocycles. The molecule has 118 valence electrons. The van der Waals surface area contributed by atoms with E-state index in [1.165, 1.54) is 11.3 Å². The Labute approximate surface area is 139 Å². The van der Waals surface area contributed by atoms with E-state index in [1.54, 1.807) is 30.5 Å². The summed E-state index contributed by atoms with van der Waals surface area (Å²) < 4.78 is 0. The topological polar surface area (TPSA) is 62.2 Å². The normalized spacial score (nSPS) is 15.1. The van der Waals surface area contributed by atoms with E-state index in [0.717, 1.165) is 11.4 Å². The fourth-order valence-corrected chi connectivity index (χ4v) is 3.08. The number of amides is 1. The van der Waals surface area contributed by atoms with Crippen molar-refractivity contribution < 1.29 is 9.90 Å². The number of rotatable bonds is 6. The van der Waals surface area contributed by atoms with Gasteiger partial charge in [0.05, 0.1) is 18.1 Å². The molecular weight excluding hydrogens is 320 g/mol. The Bertz CT molecular complexity index is 616. The molecule has 1 amide bonds. The number of aliphatic hydroxyl groups is 1. The van der Waals surface area contributed by atoms with Gasteiger partial charge in [0, 0.05) is 16.6 Å². The molecule has 0 spiro atoms. The molecule has 2 N–H and O–H groups in total. The standard InChI is InChI=1S/C16H19ClN2O2S/c1-3-16(2,15-18-8-9-22-15)19-14(21)10-13(20)11-4-6-12(17)7-5-11/h4-9,13,20H,3,10H2,1-2H3,(H,19,21). The second-order valence-electron chi connectivity index (χ2n) is 5.34. The number of hydrogen-bond acceptors (Lipinski definition) is 4. The number of benzene rings is 1. The Morgan fingerprint density at radius 3 is 2.68 bits per heavy atom. The van der Waals surface area contributed by atoms with Gasteiger partial charge in [0.25, 0.3) is 0 Å². The number of nitrogens with zero attached hydrogens (tertiary/aromatic N) is 1. The fraction of sp³-hybridized carbons (Fsp3) is 0.375. The number of hydrogen-bond donors (Lipinski definition) is 2. The van der Waals surface area contributed by atoms with E-state index >= 15 is 0 Å². The van der Waals surface area contributed by atoms with E-state index in [2.05, 4.69) is 10.3 Å². The molecule has 0 aliphatic carbocycles. The van der Waals surface area contributed by atoms with Crippen LogP contribution in [0.15, 0.2) is 35.8 Å². The number of aliphatic hydroxyl groups excluding tert-OH is 1. The zero-order valence-corrected chi connectivity index (χ0v) is 14.1. The maximum atomic E-state index is 12.2. The predicted octanol–water partition coefficient (Wildman–Crippen LogP) is 3.66. The van der Waals surface area contributed by atoms with Gasteiger partial charge in [-0.1, -0.05) is 30.7 Å². The van der Waals surface area contributed by atoms with Gasteiger partial charge in [0.1, 0.15) is 5.01 Å². The third kappa shape index (κ3) is 4.06. The highest BCUT2D eigenvalue weighted by molar-refractivity contribution is 7.09. The number of halogens is 1. The average molecular weight is 339 g/mol. The summed E-state index contributed by atoms with van der Waals surface area (Å²) in [7, 11) is 0. The van der Waals surface area contributed by atoms with Gasteiger partial charge in [-0.15, -0.1) is 11.3 Å². The van der Waals surface area contributed by atoms with Crippen LogP contribution in [0.5, 0.6) is 0 Å². The van der Waals surface area contributed by atoms with E-state index in [1.807, 2.05) is 19.2 Å². The van der Waals surface area contributed by atoms with E-state index in [4.69, 9.17) is 11.6 Å². The average Bonchev–Trinajstić information content (AvgIpc) is 3.02. The van der Waals surface area contributed by atoms with Gasteiger partial charge in [0.15, 0.2) is 0 Å². The molecule has 1 heterocycles. The van der Waals surface area contributed by atoms with Crippen molar-refractivity contribution in [3.63, 3.8) is 0 Å². The van der Waals surface area contributed by atoms with Crippen LogP contribution >= 0.6 is 22.9 Å². The Morgan fingerprint density at radius 2 is 2.14 bits per heavy atom. The van der Waals surface area contributed by atoms with Crippen molar-refractivity contribution >= 4 is 28.8 Å². The van der Waals surface area contributed by atoms with Crippen LogP contribution in [0.2, 0.25) is 5.02 Å². The third-order valence-electron chi connectivity index (χ3n) is 3.66. The zero-order valence-electron chi connectivity index (χ0n) is 12.5. The molecule has 6 heteroatoms. The summed E-state index contributed by atoms with van der Waals surface area (Å²) >= 11 is 7.33. The lowest BCUT2D eigenvalue weighted by Crippen LogP contribution is -2.43. The van der Waals surface area contributed by atoms with Crippen molar-refractivity contribution in [2.45, 2.75) is 38.3 Å². The molecule has 0 aliphatic rings. The summed E-state index contributed by atoms with van der Waals surface area (Å²) in [6.45, 7) is 3.94. The van der Waals surface area contributed by atoms with Crippen LogP contribution in [0.3, 0.4) is 0 Å². The Balaban J connectivity index is 2.01. The van der Waals surface area contributed by atoms with Crippen molar-refractivity contribution in [3.8, 4) is 0 Å². The van der Waals surface area contributed by atoms with Gasteiger partial charge in [-0.2, -0.15) is 0 Å². The monoisotopic (exact) mass is 338 g/mol. The highest BCUT2D eigenvalue weighted by Crippen LogP contribution is 2.27. The van der Waals surface area contributed by atoms with Crippen LogP contribution in [0.4, 0.5) is 0 Å². The van der Waals surface area contributed by atoms with Crippen LogP contribution in [0.25, 0.3) is 0 Å². The van der Waals surface area contributed by atoms with Crippen LogP contribution < -0.4 is 5.32 Å². The van der Waals surface area contributed by atoms with E-state index in [-0.39, 0.29) is 12.3 Å². The first-order valence-corrected chi connectivity index (χ1v) is 8.35. The number of nitrogens with one attached hydrogen (secondary N) is 1. The van der Waals surface area contributed by atoms with Crippen molar-refractivity contribution in [3.05, 3.63) is 51.4 Å². The lowest BCUT2D eigenvalue weighted by molar-refractivity contribution is -0.125. The molecule has 4 nitrogen and oxygen atoms in total. The summed E-state index contributed by atoms with van der Waals surface area (Å²) in [4.78, 5) is 16.5. The van der Waals surface area contributed by atoms with E-state index in [0.29, 0.717) is 10.6 Å². The first-order chi connectivity index (χ1) is 10.4. The molecule has 2 aromatic rings. The first-order valence-electron chi connectivity index (χ1n) is 7.09. The van der Waals surface area contributed by atoms with Gasteiger partial charge in [-0.25, -0.2) is 4.98 Å². The van der Waals surface area contributed by atoms with Crippen LogP contribution in [0, 0.1) is 0 Å². The minimum Gasteiger partial charge on any atom is -0.388 e. The Hall–Kier alpha value is -1.43. The van der Waals surface area contributed by atoms with Crippen LogP contribution in [0.1, 0.15) is 43.4 Å². The van der Waals surface area contributed by atoms with Crippen molar-refractivity contribution in [2.24, 2.45) is 0 Å². The van der Waals surface area contributed by atoms with Gasteiger partial charge < -0.3 is 10.4 Å². The van der Waals surface area contributed by atoms with Crippen LogP contribution in [-0.4, -0.2) is 16.0 Å². The molecule has 0 fully saturated rings. The minimum absolute atomic E-state index is 0.00258. The number of aromatic nitrogens is 1. The second-order valence-corrected chi connectivity index (χ2v) is 6.67. The van der Waals surface area contributed by atoms with Crippen molar-refractivity contribution in [1.29, 1.82) is 0 Å². The van der Waals surface area contributed by atoms with E-state index in [9.17, 15) is 9.90 Å². The maximum absolute atomic E-state index is 12.2. The Morgan fingerprint density at radius 1 is 1.45 bits per heavy atom. The predicted molar refractivity (Wildman–Crippen MR) is 88.9 cm³/mol. The summed E-state index contributed by atoms with van der Waals surface area (Å²) in [5, 5.41) is 16.5. The SMILES string of the molecule is CCC(C)(NC(=O)CC(O)c1ccc(Cl)cc1)c1nccs1. The second kappa shape index (κ2) is 7.22. The largest absolute Gasteiger partial charge is 0.388 e. The highest BCUT2D eigenvalue weighted by atomic mass is 35.5. The van der Waals surface area contributed by atoms with E-state index < -0.39 is 11.6 Å². The molecule has 1 aromatic heterocycles. The van der Waals surface area contributed by atoms with Crippen LogP contribution in [-0.2, 0) is 10.3 Å². The van der Waals surface area contributed by atoms with Gasteiger partial charge in [-0.3, -0.25) is 4.79 Å². The summed E-state index contributed by atoms with van der Waals surface area (Å²) in [6.07, 6.45) is 1.60. The Kier molecular flexibility index (Phi) is 5.56. The number of carbonyl (C=O) groups excluding carboxylic acids is 1. The zero-order chi connectivity index (χ0) is 16.2. The molecule has 2 unspecified atom stereocenters. The fourth-order valence-electron chi connectivity index (χ4n) is 2.13. The molecule has 0 saturated heterocycles. The lowest BCUT2D eigenvalue weighted by atomic mass is 9.98. The first kappa shape index (κ1) is 16.9. The summed E-state index contributed by atoms with van der Waals surface area (Å²) in [6, 6.07) is 6.84. The van der Waals surface area contributed by atoms with Crippen molar-refractivity contribution in [1.82, 2.24) is 10.3 Å². The molecule has 2 atom stereocenters. The molecule has 0 bridgehead atoms. The summed E-state index contributed by atoms with van der Waals surface area (Å²) in [5.74, 6) is -0.206. The minimum atomic E-state index is -0.852. The number of carbonyl (C=O) groups is 1. The number of thiazole rings is 1. The van der Waals surface area contributed by atoms with Gasteiger partial charge in [-0.05, 0) is 31.0 Å². The summed E-state index contributed by atoms with van der Waals surface area (Å²) in [5.41, 5.74) is 0.164. The quantitative estimate of drug-likeness (QED) is 0.844. The smallest absolute Gasteiger partial charge is 0.223 e. The third-order valence-corrected chi connectivity index (χ3v) is 4.95. The molecule has 1 aromatic carbocycles. The molecule has 2 rings (SSSR count).